The van der Waals surface area contributed by atoms with E-state index in [4.69, 9.17) is 11.6 Å². The molecule has 0 aliphatic heterocycles. The van der Waals surface area contributed by atoms with Crippen molar-refractivity contribution in [1.29, 1.82) is 0 Å². The van der Waals surface area contributed by atoms with Gasteiger partial charge < -0.3 is 0 Å². The molecule has 0 radical (unpaired) electrons. The monoisotopic (exact) mass is 412 g/mol. The quantitative estimate of drug-likeness (QED) is 0.529. The van der Waals surface area contributed by atoms with Crippen molar-refractivity contribution in [2.24, 2.45) is 11.8 Å². The van der Waals surface area contributed by atoms with E-state index in [9.17, 15) is 9.59 Å². The third kappa shape index (κ3) is 3.45. The fourth-order valence-corrected chi connectivity index (χ4v) is 5.00. The number of hydrogen-bond donors (Lipinski definition) is 0. The molecule has 2 heterocycles. The van der Waals surface area contributed by atoms with Crippen molar-refractivity contribution < 1.29 is 9.59 Å². The highest BCUT2D eigenvalue weighted by atomic mass is 35.5. The number of thiophene rings is 1. The van der Waals surface area contributed by atoms with Gasteiger partial charge in [-0.15, -0.1) is 11.3 Å². The molecule has 1 aliphatic carbocycles. The Bertz CT molecular complexity index is 1090. The standard InChI is InChI=1S/C22H21ClN2O2S/c1-12-6-15(23)8-19(14(12)3)17-4-5-24-20-9-16(28-21(17)20)10-25(11-26)22(27)18-7-13(18)2/h4-6,8-9,11,13,18H,7,10H2,1-3H3. The molecule has 1 aliphatic rings. The van der Waals surface area contributed by atoms with E-state index in [1.165, 1.54) is 10.5 Å². The molecule has 4 nitrogen and oxygen atoms in total. The van der Waals surface area contributed by atoms with Crippen molar-refractivity contribution in [3.63, 3.8) is 0 Å². The molecular weight excluding hydrogens is 392 g/mol. The van der Waals surface area contributed by atoms with Crippen LogP contribution in [0.3, 0.4) is 0 Å². The van der Waals surface area contributed by atoms with Gasteiger partial charge in [0, 0.05) is 27.6 Å². The van der Waals surface area contributed by atoms with Crippen LogP contribution in [0.4, 0.5) is 0 Å². The zero-order chi connectivity index (χ0) is 20.0. The van der Waals surface area contributed by atoms with E-state index in [1.807, 2.05) is 31.2 Å². The number of pyridine rings is 1. The van der Waals surface area contributed by atoms with Gasteiger partial charge in [-0.3, -0.25) is 19.5 Å². The lowest BCUT2D eigenvalue weighted by molar-refractivity contribution is -0.140. The maximum absolute atomic E-state index is 12.4. The molecule has 1 saturated carbocycles. The summed E-state index contributed by atoms with van der Waals surface area (Å²) >= 11 is 7.88. The number of hydrogen-bond acceptors (Lipinski definition) is 4. The number of aromatic nitrogens is 1. The van der Waals surface area contributed by atoms with Crippen LogP contribution >= 0.6 is 22.9 Å². The van der Waals surface area contributed by atoms with Gasteiger partial charge in [-0.25, -0.2) is 0 Å². The highest BCUT2D eigenvalue weighted by molar-refractivity contribution is 7.19. The summed E-state index contributed by atoms with van der Waals surface area (Å²) in [6.07, 6.45) is 3.31. The lowest BCUT2D eigenvalue weighted by Gasteiger charge is -2.14. The fraction of sp³-hybridized carbons (Fsp3) is 0.318. The first-order chi connectivity index (χ1) is 13.4. The summed E-state index contributed by atoms with van der Waals surface area (Å²) in [4.78, 5) is 30.7. The van der Waals surface area contributed by atoms with Crippen LogP contribution in [0.15, 0.2) is 30.5 Å². The number of nitrogens with zero attached hydrogens (tertiary/aromatic N) is 2. The summed E-state index contributed by atoms with van der Waals surface area (Å²) in [6, 6.07) is 7.91. The van der Waals surface area contributed by atoms with Gasteiger partial charge >= 0.3 is 0 Å². The zero-order valence-corrected chi connectivity index (χ0v) is 17.6. The number of benzene rings is 1. The van der Waals surface area contributed by atoms with Crippen molar-refractivity contribution in [3.05, 3.63) is 51.5 Å². The van der Waals surface area contributed by atoms with Gasteiger partial charge in [-0.2, -0.15) is 0 Å². The Morgan fingerprint density at radius 3 is 2.75 bits per heavy atom. The van der Waals surface area contributed by atoms with E-state index in [0.29, 0.717) is 23.9 Å². The Hall–Kier alpha value is -2.24. The number of carbonyl (C=O) groups excluding carboxylic acids is 2. The van der Waals surface area contributed by atoms with Crippen LogP contribution in [0, 0.1) is 25.7 Å². The molecule has 2 amide bonds. The first-order valence-corrected chi connectivity index (χ1v) is 10.5. The molecule has 2 atom stereocenters. The molecule has 2 unspecified atom stereocenters. The average Bonchev–Trinajstić information content (AvgIpc) is 3.24. The van der Waals surface area contributed by atoms with Gasteiger partial charge in [-0.05, 0) is 67.1 Å². The number of fused-ring (bicyclic) bond motifs is 1. The zero-order valence-electron chi connectivity index (χ0n) is 16.0. The molecule has 4 rings (SSSR count). The van der Waals surface area contributed by atoms with Gasteiger partial charge in [0.05, 0.1) is 16.8 Å². The van der Waals surface area contributed by atoms with Crippen molar-refractivity contribution >= 4 is 45.5 Å². The third-order valence-electron chi connectivity index (χ3n) is 5.55. The number of carbonyl (C=O) groups is 2. The summed E-state index contributed by atoms with van der Waals surface area (Å²) in [5.74, 6) is 0.291. The summed E-state index contributed by atoms with van der Waals surface area (Å²) in [6.45, 7) is 6.47. The van der Waals surface area contributed by atoms with E-state index < -0.39 is 0 Å². The van der Waals surface area contributed by atoms with Gasteiger partial charge in [0.25, 0.3) is 0 Å². The maximum Gasteiger partial charge on any atom is 0.232 e. The molecule has 2 aromatic heterocycles. The van der Waals surface area contributed by atoms with E-state index in [2.05, 4.69) is 18.8 Å². The lowest BCUT2D eigenvalue weighted by Crippen LogP contribution is -2.30. The predicted octanol–water partition coefficient (Wildman–Crippen LogP) is 5.37. The summed E-state index contributed by atoms with van der Waals surface area (Å²) in [7, 11) is 0. The minimum absolute atomic E-state index is 0.00894. The van der Waals surface area contributed by atoms with Crippen LogP contribution in [0.2, 0.25) is 5.02 Å². The van der Waals surface area contributed by atoms with E-state index in [1.54, 1.807) is 17.5 Å². The van der Waals surface area contributed by atoms with Crippen molar-refractivity contribution in [1.82, 2.24) is 9.88 Å². The van der Waals surface area contributed by atoms with Crippen LogP contribution < -0.4 is 0 Å². The van der Waals surface area contributed by atoms with Crippen LogP contribution in [0.1, 0.15) is 29.3 Å². The molecular formula is C22H21ClN2O2S. The second-order valence-corrected chi connectivity index (χ2v) is 9.15. The number of aryl methyl sites for hydroxylation is 1. The highest BCUT2D eigenvalue weighted by Crippen LogP contribution is 2.40. The third-order valence-corrected chi connectivity index (χ3v) is 6.91. The number of imide groups is 1. The number of amides is 2. The van der Waals surface area contributed by atoms with Crippen LogP contribution in [-0.2, 0) is 16.1 Å². The molecule has 1 fully saturated rings. The van der Waals surface area contributed by atoms with Crippen LogP contribution in [0.25, 0.3) is 21.3 Å². The summed E-state index contributed by atoms with van der Waals surface area (Å²) in [5.41, 5.74) is 5.34. The lowest BCUT2D eigenvalue weighted by atomic mass is 9.97. The van der Waals surface area contributed by atoms with Gasteiger partial charge in [-0.1, -0.05) is 18.5 Å². The highest BCUT2D eigenvalue weighted by Gasteiger charge is 2.41. The first-order valence-electron chi connectivity index (χ1n) is 9.29. The molecule has 0 N–H and O–H groups in total. The topological polar surface area (TPSA) is 50.3 Å². The van der Waals surface area contributed by atoms with Gasteiger partial charge in [0.1, 0.15) is 0 Å². The van der Waals surface area contributed by atoms with E-state index >= 15 is 0 Å². The Labute approximate surface area is 173 Å². The average molecular weight is 413 g/mol. The molecule has 3 aromatic rings. The Morgan fingerprint density at radius 1 is 1.32 bits per heavy atom. The van der Waals surface area contributed by atoms with E-state index in [0.717, 1.165) is 38.2 Å². The summed E-state index contributed by atoms with van der Waals surface area (Å²) < 4.78 is 1.04. The molecule has 0 saturated heterocycles. The van der Waals surface area contributed by atoms with Crippen LogP contribution in [-0.4, -0.2) is 22.2 Å². The number of rotatable bonds is 5. The second-order valence-electron chi connectivity index (χ2n) is 7.57. The SMILES string of the molecule is Cc1cc(Cl)cc(-c2ccnc3cc(CN(C=O)C(=O)C4CC4C)sc23)c1C. The molecule has 28 heavy (non-hydrogen) atoms. The van der Waals surface area contributed by atoms with E-state index in [-0.39, 0.29) is 11.8 Å². The van der Waals surface area contributed by atoms with Crippen LogP contribution in [0.5, 0.6) is 0 Å². The molecule has 0 spiro atoms. The Kier molecular flexibility index (Phi) is 4.98. The predicted molar refractivity (Wildman–Crippen MR) is 113 cm³/mol. The van der Waals surface area contributed by atoms with Crippen molar-refractivity contribution in [2.75, 3.05) is 0 Å². The fourth-order valence-electron chi connectivity index (χ4n) is 3.59. The second kappa shape index (κ2) is 7.30. The smallest absolute Gasteiger partial charge is 0.232 e. The molecule has 1 aromatic carbocycles. The minimum atomic E-state index is -0.0746. The van der Waals surface area contributed by atoms with Gasteiger partial charge in [0.15, 0.2) is 0 Å². The Balaban J connectivity index is 1.72. The summed E-state index contributed by atoms with van der Waals surface area (Å²) in [5, 5.41) is 0.705. The minimum Gasteiger partial charge on any atom is -0.280 e. The maximum atomic E-state index is 12.4. The van der Waals surface area contributed by atoms with Gasteiger partial charge in [0.2, 0.25) is 12.3 Å². The van der Waals surface area contributed by atoms with Crippen molar-refractivity contribution in [3.8, 4) is 11.1 Å². The normalized spacial score (nSPS) is 18.3. The molecule has 144 valence electrons. The molecule has 0 bridgehead atoms. The Morgan fingerprint density at radius 2 is 2.07 bits per heavy atom. The van der Waals surface area contributed by atoms with Crippen molar-refractivity contribution in [2.45, 2.75) is 33.7 Å². The number of halogens is 1. The largest absolute Gasteiger partial charge is 0.280 e. The molecule has 6 heteroatoms. The first kappa shape index (κ1) is 19.1.